The number of amides is 1. The lowest BCUT2D eigenvalue weighted by molar-refractivity contribution is -0.120. The van der Waals surface area contributed by atoms with E-state index in [0.717, 1.165) is 33.3 Å². The number of nitrogens with zero attached hydrogens (tertiary/aromatic N) is 1. The summed E-state index contributed by atoms with van der Waals surface area (Å²) in [5.41, 5.74) is 3.17. The Hall–Kier alpha value is -2.12. The second-order valence-electron chi connectivity index (χ2n) is 6.52. The summed E-state index contributed by atoms with van der Waals surface area (Å²) in [7, 11) is -3.77. The molecule has 0 saturated carbocycles. The normalized spacial score (nSPS) is 12.5. The van der Waals surface area contributed by atoms with E-state index in [1.54, 1.807) is 0 Å². The molecule has 1 atom stereocenters. The second-order valence-corrected chi connectivity index (χ2v) is 8.83. The van der Waals surface area contributed by atoms with Crippen molar-refractivity contribution in [1.29, 1.82) is 0 Å². The van der Waals surface area contributed by atoms with Crippen LogP contribution in [-0.2, 0) is 14.8 Å². The minimum Gasteiger partial charge on any atom is -0.348 e. The molecule has 0 bridgehead atoms. The third-order valence-electron chi connectivity index (χ3n) is 4.16. The third-order valence-corrected chi connectivity index (χ3v) is 5.59. The van der Waals surface area contributed by atoms with Crippen molar-refractivity contribution < 1.29 is 17.6 Å². The van der Waals surface area contributed by atoms with E-state index < -0.39 is 28.3 Å². The number of sulfonamides is 1. The van der Waals surface area contributed by atoms with E-state index in [0.29, 0.717) is 0 Å². The Morgan fingerprint density at radius 3 is 2.48 bits per heavy atom. The highest BCUT2D eigenvalue weighted by Gasteiger charge is 2.23. The molecule has 0 aliphatic carbocycles. The van der Waals surface area contributed by atoms with Crippen LogP contribution >= 0.6 is 11.6 Å². The van der Waals surface area contributed by atoms with E-state index in [9.17, 15) is 17.6 Å². The fraction of sp³-hybridized carbons (Fsp3) is 0.316. The maximum absolute atomic E-state index is 13.4. The number of carbonyl (C=O) groups is 1. The zero-order valence-electron chi connectivity index (χ0n) is 15.6. The first-order chi connectivity index (χ1) is 12.5. The largest absolute Gasteiger partial charge is 0.348 e. The Balaban J connectivity index is 2.21. The molecule has 2 rings (SSSR count). The van der Waals surface area contributed by atoms with Gasteiger partial charge < -0.3 is 5.32 Å². The first-order valence-electron chi connectivity index (χ1n) is 8.28. The molecule has 0 radical (unpaired) electrons. The molecule has 27 heavy (non-hydrogen) atoms. The summed E-state index contributed by atoms with van der Waals surface area (Å²) in [6.45, 7) is 5.30. The van der Waals surface area contributed by atoms with Crippen LogP contribution in [0.5, 0.6) is 0 Å². The molecule has 0 aliphatic heterocycles. The van der Waals surface area contributed by atoms with Crippen LogP contribution in [0.1, 0.15) is 29.7 Å². The van der Waals surface area contributed by atoms with Crippen molar-refractivity contribution in [3.05, 3.63) is 63.9 Å². The fourth-order valence-corrected chi connectivity index (χ4v) is 3.78. The number of hydrogen-bond donors (Lipinski definition) is 1. The van der Waals surface area contributed by atoms with Crippen LogP contribution in [0, 0.1) is 19.7 Å². The summed E-state index contributed by atoms with van der Waals surface area (Å²) in [5, 5.41) is 2.59. The number of benzene rings is 2. The SMILES string of the molecule is Cc1ccc(C)c(C(C)NC(=O)CN(c2ccc(F)c(Cl)c2)S(C)(=O)=O)c1. The van der Waals surface area contributed by atoms with Gasteiger partial charge in [-0.05, 0) is 50.1 Å². The van der Waals surface area contributed by atoms with Gasteiger partial charge in [-0.25, -0.2) is 12.8 Å². The molecule has 1 unspecified atom stereocenters. The number of anilines is 1. The first kappa shape index (κ1) is 21.2. The predicted octanol–water partition coefficient (Wildman–Crippen LogP) is 3.74. The summed E-state index contributed by atoms with van der Waals surface area (Å²) < 4.78 is 38.5. The predicted molar refractivity (Wildman–Crippen MR) is 106 cm³/mol. The number of hydrogen-bond acceptors (Lipinski definition) is 3. The summed E-state index contributed by atoms with van der Waals surface area (Å²) in [6.07, 6.45) is 0.978. The number of carbonyl (C=O) groups excluding carboxylic acids is 1. The van der Waals surface area contributed by atoms with Gasteiger partial charge in [0, 0.05) is 0 Å². The number of aryl methyl sites for hydroxylation is 2. The molecule has 2 aromatic carbocycles. The molecule has 1 N–H and O–H groups in total. The molecule has 0 aromatic heterocycles. The monoisotopic (exact) mass is 412 g/mol. The summed E-state index contributed by atoms with van der Waals surface area (Å²) in [5.74, 6) is -1.14. The standard InChI is InChI=1S/C19H22ClFN2O3S/c1-12-5-6-13(2)16(9-12)14(3)22-19(24)11-23(27(4,25)26)15-7-8-18(21)17(20)10-15/h5-10,14H,11H2,1-4H3,(H,22,24). The van der Waals surface area contributed by atoms with Gasteiger partial charge >= 0.3 is 0 Å². The lowest BCUT2D eigenvalue weighted by Crippen LogP contribution is -2.41. The fourth-order valence-electron chi connectivity index (χ4n) is 2.76. The molecule has 0 saturated heterocycles. The number of halogens is 2. The summed E-state index contributed by atoms with van der Waals surface area (Å²) >= 11 is 5.74. The minimum absolute atomic E-state index is 0.124. The second kappa shape index (κ2) is 8.27. The van der Waals surface area contributed by atoms with Gasteiger partial charge in [0.05, 0.1) is 23.0 Å². The van der Waals surface area contributed by atoms with Crippen LogP contribution in [0.25, 0.3) is 0 Å². The molecule has 146 valence electrons. The van der Waals surface area contributed by atoms with Gasteiger partial charge in [-0.1, -0.05) is 35.4 Å². The van der Waals surface area contributed by atoms with E-state index in [-0.39, 0.29) is 16.8 Å². The van der Waals surface area contributed by atoms with E-state index in [4.69, 9.17) is 11.6 Å². The van der Waals surface area contributed by atoms with Crippen LogP contribution in [0.2, 0.25) is 5.02 Å². The van der Waals surface area contributed by atoms with Gasteiger partial charge in [0.25, 0.3) is 0 Å². The maximum Gasteiger partial charge on any atom is 0.241 e. The molecular weight excluding hydrogens is 391 g/mol. The van der Waals surface area contributed by atoms with Gasteiger partial charge in [0.15, 0.2) is 0 Å². The van der Waals surface area contributed by atoms with Crippen LogP contribution in [0.15, 0.2) is 36.4 Å². The topological polar surface area (TPSA) is 66.5 Å². The van der Waals surface area contributed by atoms with Crippen molar-refractivity contribution >= 4 is 33.2 Å². The lowest BCUT2D eigenvalue weighted by Gasteiger charge is -2.24. The quantitative estimate of drug-likeness (QED) is 0.785. The molecular formula is C19H22ClFN2O3S. The molecule has 8 heteroatoms. The molecule has 2 aromatic rings. The molecule has 0 aliphatic rings. The van der Waals surface area contributed by atoms with Crippen molar-refractivity contribution in [3.8, 4) is 0 Å². The van der Waals surface area contributed by atoms with Crippen molar-refractivity contribution in [2.75, 3.05) is 17.1 Å². The maximum atomic E-state index is 13.4. The van der Waals surface area contributed by atoms with Gasteiger partial charge in [0.1, 0.15) is 12.4 Å². The van der Waals surface area contributed by atoms with Gasteiger partial charge in [-0.2, -0.15) is 0 Å². The van der Waals surface area contributed by atoms with Crippen LogP contribution in [0.3, 0.4) is 0 Å². The highest BCUT2D eigenvalue weighted by Crippen LogP contribution is 2.24. The number of nitrogens with one attached hydrogen (secondary N) is 1. The first-order valence-corrected chi connectivity index (χ1v) is 10.5. The Bertz CT molecular complexity index is 963. The van der Waals surface area contributed by atoms with Crippen molar-refractivity contribution in [2.24, 2.45) is 0 Å². The van der Waals surface area contributed by atoms with E-state index in [1.807, 2.05) is 39.0 Å². The Morgan fingerprint density at radius 1 is 1.22 bits per heavy atom. The van der Waals surface area contributed by atoms with E-state index in [1.165, 1.54) is 12.1 Å². The van der Waals surface area contributed by atoms with Crippen molar-refractivity contribution in [3.63, 3.8) is 0 Å². The van der Waals surface area contributed by atoms with Crippen molar-refractivity contribution in [1.82, 2.24) is 5.32 Å². The van der Waals surface area contributed by atoms with Gasteiger partial charge in [0.2, 0.25) is 15.9 Å². The smallest absolute Gasteiger partial charge is 0.241 e. The Morgan fingerprint density at radius 2 is 1.89 bits per heavy atom. The molecule has 0 heterocycles. The average molecular weight is 413 g/mol. The summed E-state index contributed by atoms with van der Waals surface area (Å²) in [6, 6.07) is 9.15. The average Bonchev–Trinajstić information content (AvgIpc) is 2.56. The van der Waals surface area contributed by atoms with Crippen LogP contribution < -0.4 is 9.62 Å². The minimum atomic E-state index is -3.77. The van der Waals surface area contributed by atoms with Gasteiger partial charge in [-0.15, -0.1) is 0 Å². The molecule has 0 fully saturated rings. The summed E-state index contributed by atoms with van der Waals surface area (Å²) in [4.78, 5) is 12.5. The lowest BCUT2D eigenvalue weighted by atomic mass is 10.00. The van der Waals surface area contributed by atoms with Crippen LogP contribution in [0.4, 0.5) is 10.1 Å². The highest BCUT2D eigenvalue weighted by molar-refractivity contribution is 7.92. The molecule has 0 spiro atoms. The Kier molecular flexibility index (Phi) is 6.49. The number of rotatable bonds is 6. The highest BCUT2D eigenvalue weighted by atomic mass is 35.5. The van der Waals surface area contributed by atoms with E-state index >= 15 is 0 Å². The Labute approximate surface area is 164 Å². The zero-order valence-corrected chi connectivity index (χ0v) is 17.2. The van der Waals surface area contributed by atoms with Gasteiger partial charge in [-0.3, -0.25) is 9.10 Å². The van der Waals surface area contributed by atoms with Crippen LogP contribution in [-0.4, -0.2) is 27.1 Å². The zero-order chi connectivity index (χ0) is 20.4. The van der Waals surface area contributed by atoms with Crippen molar-refractivity contribution in [2.45, 2.75) is 26.8 Å². The van der Waals surface area contributed by atoms with E-state index in [2.05, 4.69) is 5.32 Å². The molecule has 5 nitrogen and oxygen atoms in total. The molecule has 1 amide bonds. The third kappa shape index (κ3) is 5.43.